The van der Waals surface area contributed by atoms with Gasteiger partial charge in [-0.1, -0.05) is 11.6 Å². The number of hydrogen-bond donors (Lipinski definition) is 2. The van der Waals surface area contributed by atoms with Crippen molar-refractivity contribution in [3.8, 4) is 0 Å². The molecule has 1 aliphatic rings. The number of amides is 1. The lowest BCUT2D eigenvalue weighted by Crippen LogP contribution is -2.36. The minimum atomic E-state index is -0.992. The Labute approximate surface area is 97.2 Å². The van der Waals surface area contributed by atoms with E-state index in [0.29, 0.717) is 11.7 Å². The van der Waals surface area contributed by atoms with Gasteiger partial charge in [0.15, 0.2) is 11.0 Å². The van der Waals surface area contributed by atoms with Crippen LogP contribution in [0.2, 0.25) is 5.15 Å². The predicted molar refractivity (Wildman–Crippen MR) is 58.8 cm³/mol. The number of rotatable bonds is 2. The van der Waals surface area contributed by atoms with Gasteiger partial charge < -0.3 is 15.3 Å². The molecule has 0 radical (unpaired) electrons. The molecule has 2 heterocycles. The standard InChI is InChI=1S/C9H11ClN4O2/c10-7-1-2-8(13-12-7)14-4-3-6(5-14)11-9(15)16/h1-2,6,11H,3-5H2,(H,15,16). The summed E-state index contributed by atoms with van der Waals surface area (Å²) < 4.78 is 0. The summed E-state index contributed by atoms with van der Waals surface area (Å²) in [5, 5.41) is 19.1. The highest BCUT2D eigenvalue weighted by atomic mass is 35.5. The molecule has 1 saturated heterocycles. The van der Waals surface area contributed by atoms with Gasteiger partial charge in [0.1, 0.15) is 0 Å². The van der Waals surface area contributed by atoms with Crippen molar-refractivity contribution in [3.63, 3.8) is 0 Å². The summed E-state index contributed by atoms with van der Waals surface area (Å²) in [6.45, 7) is 1.38. The van der Waals surface area contributed by atoms with Crippen LogP contribution in [0.3, 0.4) is 0 Å². The van der Waals surface area contributed by atoms with Crippen molar-refractivity contribution < 1.29 is 9.90 Å². The molecule has 16 heavy (non-hydrogen) atoms. The summed E-state index contributed by atoms with van der Waals surface area (Å²) in [4.78, 5) is 12.4. The van der Waals surface area contributed by atoms with Crippen LogP contribution in [0.1, 0.15) is 6.42 Å². The van der Waals surface area contributed by atoms with Gasteiger partial charge in [-0.25, -0.2) is 4.79 Å². The highest BCUT2D eigenvalue weighted by Crippen LogP contribution is 2.18. The first-order valence-corrected chi connectivity index (χ1v) is 5.26. The number of hydrogen-bond acceptors (Lipinski definition) is 4. The Balaban J connectivity index is 1.98. The van der Waals surface area contributed by atoms with E-state index in [2.05, 4.69) is 15.5 Å². The molecule has 0 bridgehead atoms. The van der Waals surface area contributed by atoms with Crippen LogP contribution in [0.25, 0.3) is 0 Å². The van der Waals surface area contributed by atoms with Crippen molar-refractivity contribution in [3.05, 3.63) is 17.3 Å². The molecule has 2 rings (SSSR count). The first-order valence-electron chi connectivity index (χ1n) is 4.89. The number of nitrogens with zero attached hydrogens (tertiary/aromatic N) is 3. The third-order valence-corrected chi connectivity index (χ3v) is 2.66. The Morgan fingerprint density at radius 1 is 1.56 bits per heavy atom. The summed E-state index contributed by atoms with van der Waals surface area (Å²) in [5.41, 5.74) is 0. The maximum atomic E-state index is 10.5. The largest absolute Gasteiger partial charge is 0.465 e. The minimum Gasteiger partial charge on any atom is -0.465 e. The molecule has 1 fully saturated rings. The second-order valence-electron chi connectivity index (χ2n) is 3.60. The van der Waals surface area contributed by atoms with E-state index in [4.69, 9.17) is 16.7 Å². The Hall–Kier alpha value is -1.56. The van der Waals surface area contributed by atoms with Crippen molar-refractivity contribution >= 4 is 23.5 Å². The zero-order chi connectivity index (χ0) is 11.5. The van der Waals surface area contributed by atoms with Crippen LogP contribution >= 0.6 is 11.6 Å². The molecular formula is C9H11ClN4O2. The second-order valence-corrected chi connectivity index (χ2v) is 3.98. The van der Waals surface area contributed by atoms with Crippen LogP contribution in [0.15, 0.2) is 12.1 Å². The smallest absolute Gasteiger partial charge is 0.404 e. The fourth-order valence-electron chi connectivity index (χ4n) is 1.74. The van der Waals surface area contributed by atoms with Gasteiger partial charge in [0.25, 0.3) is 0 Å². The van der Waals surface area contributed by atoms with E-state index in [1.807, 2.05) is 4.90 Å². The topological polar surface area (TPSA) is 78.4 Å². The van der Waals surface area contributed by atoms with E-state index >= 15 is 0 Å². The average molecular weight is 243 g/mol. The van der Waals surface area contributed by atoms with E-state index in [-0.39, 0.29) is 6.04 Å². The van der Waals surface area contributed by atoms with Crippen molar-refractivity contribution in [2.75, 3.05) is 18.0 Å². The summed E-state index contributed by atoms with van der Waals surface area (Å²) in [5.74, 6) is 0.721. The molecule has 0 spiro atoms. The monoisotopic (exact) mass is 242 g/mol. The second kappa shape index (κ2) is 4.52. The van der Waals surface area contributed by atoms with Crippen molar-refractivity contribution in [2.24, 2.45) is 0 Å². The van der Waals surface area contributed by atoms with Crippen molar-refractivity contribution in [1.29, 1.82) is 0 Å². The van der Waals surface area contributed by atoms with Crippen LogP contribution in [-0.4, -0.2) is 40.5 Å². The fourth-order valence-corrected chi connectivity index (χ4v) is 1.84. The van der Waals surface area contributed by atoms with Crippen LogP contribution in [-0.2, 0) is 0 Å². The van der Waals surface area contributed by atoms with E-state index in [1.54, 1.807) is 12.1 Å². The molecule has 0 aromatic carbocycles. The average Bonchev–Trinajstić information content (AvgIpc) is 2.66. The van der Waals surface area contributed by atoms with Gasteiger partial charge in [-0.05, 0) is 18.6 Å². The van der Waals surface area contributed by atoms with Crippen LogP contribution in [0.4, 0.5) is 10.6 Å². The number of nitrogens with one attached hydrogen (secondary N) is 1. The molecule has 1 aliphatic heterocycles. The summed E-state index contributed by atoms with van der Waals surface area (Å²) in [7, 11) is 0. The van der Waals surface area contributed by atoms with E-state index < -0.39 is 6.09 Å². The molecule has 1 unspecified atom stereocenters. The molecule has 1 atom stereocenters. The Kier molecular flexibility index (Phi) is 3.09. The van der Waals surface area contributed by atoms with Gasteiger partial charge in [-0.2, -0.15) is 0 Å². The normalized spacial score (nSPS) is 19.8. The summed E-state index contributed by atoms with van der Waals surface area (Å²) in [6.07, 6.45) is -0.217. The van der Waals surface area contributed by atoms with Gasteiger partial charge >= 0.3 is 6.09 Å². The van der Waals surface area contributed by atoms with Gasteiger partial charge in [0, 0.05) is 13.1 Å². The van der Waals surface area contributed by atoms with Gasteiger partial charge in [0.2, 0.25) is 0 Å². The maximum absolute atomic E-state index is 10.5. The van der Waals surface area contributed by atoms with E-state index in [0.717, 1.165) is 18.8 Å². The van der Waals surface area contributed by atoms with Gasteiger partial charge in [-0.3, -0.25) is 0 Å². The first-order chi connectivity index (χ1) is 7.65. The first kappa shape index (κ1) is 10.9. The zero-order valence-electron chi connectivity index (χ0n) is 8.43. The Bertz CT molecular complexity index is 384. The zero-order valence-corrected chi connectivity index (χ0v) is 9.18. The quantitative estimate of drug-likeness (QED) is 0.808. The maximum Gasteiger partial charge on any atom is 0.404 e. The Morgan fingerprint density at radius 2 is 2.38 bits per heavy atom. The predicted octanol–water partition coefficient (Wildman–Crippen LogP) is 0.976. The molecule has 1 aromatic rings. The molecule has 1 amide bonds. The number of carboxylic acid groups (broad SMARTS) is 1. The highest BCUT2D eigenvalue weighted by molar-refractivity contribution is 6.29. The molecule has 2 N–H and O–H groups in total. The van der Waals surface area contributed by atoms with Crippen LogP contribution in [0.5, 0.6) is 0 Å². The van der Waals surface area contributed by atoms with Gasteiger partial charge in [0.05, 0.1) is 6.04 Å². The molecule has 7 heteroatoms. The SMILES string of the molecule is O=C(O)NC1CCN(c2ccc(Cl)nn2)C1. The molecule has 6 nitrogen and oxygen atoms in total. The van der Waals surface area contributed by atoms with E-state index in [9.17, 15) is 4.79 Å². The fraction of sp³-hybridized carbons (Fsp3) is 0.444. The third-order valence-electron chi connectivity index (χ3n) is 2.46. The Morgan fingerprint density at radius 3 is 3.00 bits per heavy atom. The molecule has 1 aromatic heterocycles. The van der Waals surface area contributed by atoms with E-state index in [1.165, 1.54) is 0 Å². The highest BCUT2D eigenvalue weighted by Gasteiger charge is 2.24. The molecular weight excluding hydrogens is 232 g/mol. The summed E-state index contributed by atoms with van der Waals surface area (Å²) >= 11 is 5.63. The van der Waals surface area contributed by atoms with Crippen LogP contribution in [0, 0.1) is 0 Å². The lowest BCUT2D eigenvalue weighted by atomic mass is 10.3. The molecule has 86 valence electrons. The van der Waals surface area contributed by atoms with Crippen LogP contribution < -0.4 is 10.2 Å². The minimum absolute atomic E-state index is 0.0463. The lowest BCUT2D eigenvalue weighted by molar-refractivity contribution is 0.191. The lowest BCUT2D eigenvalue weighted by Gasteiger charge is -2.16. The summed E-state index contributed by atoms with van der Waals surface area (Å²) in [6, 6.07) is 3.40. The number of anilines is 1. The van der Waals surface area contributed by atoms with Crippen molar-refractivity contribution in [1.82, 2.24) is 15.5 Å². The molecule has 0 saturated carbocycles. The van der Waals surface area contributed by atoms with Gasteiger partial charge in [-0.15, -0.1) is 10.2 Å². The number of halogens is 1. The number of aromatic nitrogens is 2. The number of carbonyl (C=O) groups is 1. The van der Waals surface area contributed by atoms with Crippen molar-refractivity contribution in [2.45, 2.75) is 12.5 Å². The molecule has 0 aliphatic carbocycles. The third kappa shape index (κ3) is 2.52.